The van der Waals surface area contributed by atoms with E-state index >= 15 is 0 Å². The van der Waals surface area contributed by atoms with Crippen molar-refractivity contribution in [1.29, 1.82) is 0 Å². The predicted octanol–water partition coefficient (Wildman–Crippen LogP) is 1.80. The molecule has 1 amide bonds. The first-order valence-electron chi connectivity index (χ1n) is 5.51. The molecule has 2 heterocycles. The molecule has 0 bridgehead atoms. The van der Waals surface area contributed by atoms with Crippen LogP contribution in [0.1, 0.15) is 17.3 Å². The van der Waals surface area contributed by atoms with E-state index in [9.17, 15) is 4.79 Å². The third-order valence-electron chi connectivity index (χ3n) is 2.39. The van der Waals surface area contributed by atoms with E-state index in [4.69, 9.17) is 23.2 Å². The Morgan fingerprint density at radius 2 is 2.26 bits per heavy atom. The first-order chi connectivity index (χ1) is 9.06. The molecule has 0 saturated carbocycles. The fourth-order valence-electron chi connectivity index (χ4n) is 1.57. The molecule has 2 aromatic rings. The van der Waals surface area contributed by atoms with E-state index < -0.39 is 0 Å². The van der Waals surface area contributed by atoms with Crippen molar-refractivity contribution in [1.82, 2.24) is 25.1 Å². The van der Waals surface area contributed by atoms with Crippen molar-refractivity contribution in [3.05, 3.63) is 40.7 Å². The first-order valence-corrected chi connectivity index (χ1v) is 6.27. The van der Waals surface area contributed by atoms with Gasteiger partial charge in [-0.15, -0.1) is 10.2 Å². The summed E-state index contributed by atoms with van der Waals surface area (Å²) in [5.41, 5.74) is 0.208. The Morgan fingerprint density at radius 1 is 1.47 bits per heavy atom. The lowest BCUT2D eigenvalue weighted by atomic mass is 10.2. The number of carbonyl (C=O) groups is 1. The number of carbonyl (C=O) groups excluding carboxylic acids is 1. The number of hydrogen-bond donors (Lipinski definition) is 1. The fraction of sp³-hybridized carbons (Fsp3) is 0.273. The maximum absolute atomic E-state index is 12.0. The topological polar surface area (TPSA) is 72.7 Å². The largest absolute Gasteiger partial charge is 0.348 e. The number of imidazole rings is 1. The summed E-state index contributed by atoms with van der Waals surface area (Å²) in [7, 11) is 0. The third kappa shape index (κ3) is 3.65. The third-order valence-corrected chi connectivity index (χ3v) is 2.85. The van der Waals surface area contributed by atoms with Crippen molar-refractivity contribution in [3.63, 3.8) is 0 Å². The summed E-state index contributed by atoms with van der Waals surface area (Å²) >= 11 is 11.5. The van der Waals surface area contributed by atoms with Crippen LogP contribution in [0.4, 0.5) is 0 Å². The molecule has 0 aliphatic rings. The fourth-order valence-corrected chi connectivity index (χ4v) is 1.90. The molecular weight excluding hydrogens is 289 g/mol. The molecular formula is C11H11Cl2N5O. The molecule has 0 saturated heterocycles. The molecule has 0 fully saturated rings. The average molecular weight is 300 g/mol. The second-order valence-corrected chi connectivity index (χ2v) is 4.75. The molecule has 1 atom stereocenters. The van der Waals surface area contributed by atoms with Gasteiger partial charge in [0.1, 0.15) is 0 Å². The van der Waals surface area contributed by atoms with Crippen LogP contribution in [0, 0.1) is 0 Å². The average Bonchev–Trinajstić information content (AvgIpc) is 2.84. The van der Waals surface area contributed by atoms with Crippen molar-refractivity contribution in [3.8, 4) is 0 Å². The zero-order valence-electron chi connectivity index (χ0n) is 10.0. The van der Waals surface area contributed by atoms with Gasteiger partial charge >= 0.3 is 0 Å². The van der Waals surface area contributed by atoms with Crippen molar-refractivity contribution in [2.24, 2.45) is 0 Å². The van der Waals surface area contributed by atoms with Gasteiger partial charge in [-0.3, -0.25) is 4.79 Å². The van der Waals surface area contributed by atoms with Crippen LogP contribution in [-0.4, -0.2) is 31.7 Å². The van der Waals surface area contributed by atoms with E-state index in [1.54, 1.807) is 12.5 Å². The number of hydrogen-bond acceptors (Lipinski definition) is 4. The molecule has 6 nitrogen and oxygen atoms in total. The van der Waals surface area contributed by atoms with Crippen LogP contribution in [0.2, 0.25) is 10.3 Å². The van der Waals surface area contributed by atoms with E-state index in [2.05, 4.69) is 20.5 Å². The van der Waals surface area contributed by atoms with Gasteiger partial charge in [-0.05, 0) is 13.0 Å². The van der Waals surface area contributed by atoms with E-state index in [1.165, 1.54) is 6.07 Å². The highest BCUT2D eigenvalue weighted by Gasteiger charge is 2.15. The van der Waals surface area contributed by atoms with Gasteiger partial charge < -0.3 is 9.88 Å². The molecule has 0 aliphatic heterocycles. The molecule has 19 heavy (non-hydrogen) atoms. The molecule has 2 rings (SSSR count). The van der Waals surface area contributed by atoms with E-state index in [1.807, 2.05) is 17.7 Å². The zero-order valence-corrected chi connectivity index (χ0v) is 11.6. The lowest BCUT2D eigenvalue weighted by molar-refractivity contribution is 0.0936. The molecule has 0 spiro atoms. The van der Waals surface area contributed by atoms with Crippen LogP contribution >= 0.6 is 23.2 Å². The number of halogens is 2. The van der Waals surface area contributed by atoms with Crippen LogP contribution in [0.15, 0.2) is 24.8 Å². The Hall–Kier alpha value is -1.66. The molecule has 0 aromatic carbocycles. The van der Waals surface area contributed by atoms with Gasteiger partial charge in [0.25, 0.3) is 5.91 Å². The number of aromatic nitrogens is 4. The van der Waals surface area contributed by atoms with Crippen LogP contribution in [0.25, 0.3) is 0 Å². The maximum atomic E-state index is 12.0. The van der Waals surface area contributed by atoms with Crippen LogP contribution < -0.4 is 5.32 Å². The molecule has 1 N–H and O–H groups in total. The summed E-state index contributed by atoms with van der Waals surface area (Å²) in [4.78, 5) is 15.9. The molecule has 2 aromatic heterocycles. The van der Waals surface area contributed by atoms with Gasteiger partial charge in [-0.1, -0.05) is 23.2 Å². The molecule has 8 heteroatoms. The number of nitrogens with one attached hydrogen (secondary N) is 1. The van der Waals surface area contributed by atoms with Gasteiger partial charge in [0.05, 0.1) is 11.9 Å². The minimum Gasteiger partial charge on any atom is -0.348 e. The highest BCUT2D eigenvalue weighted by molar-refractivity contribution is 6.34. The highest BCUT2D eigenvalue weighted by atomic mass is 35.5. The summed E-state index contributed by atoms with van der Waals surface area (Å²) in [6.45, 7) is 2.48. The lowest BCUT2D eigenvalue weighted by Crippen LogP contribution is -2.35. The lowest BCUT2D eigenvalue weighted by Gasteiger charge is -2.14. The number of nitrogens with zero attached hydrogens (tertiary/aromatic N) is 4. The van der Waals surface area contributed by atoms with Crippen molar-refractivity contribution >= 4 is 29.1 Å². The molecule has 100 valence electrons. The number of amides is 1. The summed E-state index contributed by atoms with van der Waals surface area (Å²) < 4.78 is 1.87. The summed E-state index contributed by atoms with van der Waals surface area (Å²) in [5.74, 6) is -0.339. The van der Waals surface area contributed by atoms with E-state index in [-0.39, 0.29) is 27.8 Å². The first kappa shape index (κ1) is 13.8. The highest BCUT2D eigenvalue weighted by Crippen LogP contribution is 2.15. The van der Waals surface area contributed by atoms with Crippen molar-refractivity contribution in [2.75, 3.05) is 0 Å². The maximum Gasteiger partial charge on any atom is 0.254 e. The van der Waals surface area contributed by atoms with Crippen LogP contribution in [0.3, 0.4) is 0 Å². The Morgan fingerprint density at radius 3 is 2.95 bits per heavy atom. The van der Waals surface area contributed by atoms with Crippen molar-refractivity contribution < 1.29 is 4.79 Å². The SMILES string of the molecule is CC(Cn1ccnc1)NC(=O)c1cc(Cl)nnc1Cl. The standard InChI is InChI=1S/C11H11Cl2N5O/c1-7(5-18-3-2-14-6-18)15-11(19)8-4-9(12)16-17-10(8)13/h2-4,6-7H,5H2,1H3,(H,15,19). The quantitative estimate of drug-likeness (QED) is 0.934. The molecule has 0 radical (unpaired) electrons. The normalized spacial score (nSPS) is 12.2. The van der Waals surface area contributed by atoms with Gasteiger partial charge in [0, 0.05) is 25.0 Å². The van der Waals surface area contributed by atoms with Gasteiger partial charge in [-0.25, -0.2) is 4.98 Å². The van der Waals surface area contributed by atoms with Gasteiger partial charge in [0.2, 0.25) is 0 Å². The van der Waals surface area contributed by atoms with Gasteiger partial charge in [0.15, 0.2) is 10.3 Å². The van der Waals surface area contributed by atoms with Crippen molar-refractivity contribution in [2.45, 2.75) is 19.5 Å². The predicted molar refractivity (Wildman–Crippen MR) is 71.2 cm³/mol. The zero-order chi connectivity index (χ0) is 13.8. The minimum atomic E-state index is -0.339. The number of rotatable bonds is 4. The Kier molecular flexibility index (Phi) is 4.34. The Labute approximate surface area is 119 Å². The smallest absolute Gasteiger partial charge is 0.254 e. The summed E-state index contributed by atoms with van der Waals surface area (Å²) in [6, 6.07) is 1.29. The van der Waals surface area contributed by atoms with E-state index in [0.29, 0.717) is 6.54 Å². The monoisotopic (exact) mass is 299 g/mol. The second-order valence-electron chi connectivity index (χ2n) is 4.01. The van der Waals surface area contributed by atoms with Crippen LogP contribution in [0.5, 0.6) is 0 Å². The Balaban J connectivity index is 2.02. The summed E-state index contributed by atoms with van der Waals surface area (Å²) in [6.07, 6.45) is 5.18. The van der Waals surface area contributed by atoms with Gasteiger partial charge in [-0.2, -0.15) is 0 Å². The molecule has 0 aliphatic carbocycles. The van der Waals surface area contributed by atoms with E-state index in [0.717, 1.165) is 0 Å². The summed E-state index contributed by atoms with van der Waals surface area (Å²) in [5, 5.41) is 10.1. The van der Waals surface area contributed by atoms with Crippen LogP contribution in [-0.2, 0) is 6.54 Å². The molecule has 1 unspecified atom stereocenters. The Bertz CT molecular complexity index is 572. The minimum absolute atomic E-state index is 0.0248. The second kappa shape index (κ2) is 5.99.